The zero-order valence-corrected chi connectivity index (χ0v) is 21.6. The van der Waals surface area contributed by atoms with Crippen molar-refractivity contribution in [3.05, 3.63) is 41.5 Å². The maximum absolute atomic E-state index is 13.6. The van der Waals surface area contributed by atoms with Crippen LogP contribution in [-0.4, -0.2) is 65.2 Å². The van der Waals surface area contributed by atoms with Crippen LogP contribution in [0.3, 0.4) is 0 Å². The highest BCUT2D eigenvalue weighted by atomic mass is 19.4. The second kappa shape index (κ2) is 9.84. The van der Waals surface area contributed by atoms with E-state index < -0.39 is 17.7 Å². The summed E-state index contributed by atoms with van der Waals surface area (Å²) in [6, 6.07) is 8.99. The summed E-state index contributed by atoms with van der Waals surface area (Å²) in [5.41, 5.74) is 1.56. The first-order valence-corrected chi connectivity index (χ1v) is 12.9. The molecule has 0 radical (unpaired) electrons. The first-order chi connectivity index (χ1) is 16.8. The molecule has 3 fully saturated rings. The van der Waals surface area contributed by atoms with Crippen molar-refractivity contribution in [1.29, 1.82) is 0 Å². The van der Waals surface area contributed by atoms with E-state index >= 15 is 0 Å². The zero-order valence-electron chi connectivity index (χ0n) is 21.6. The Labute approximate surface area is 211 Å². The lowest BCUT2D eigenvalue weighted by atomic mass is 9.60. The number of likely N-dealkylation sites (tertiary alicyclic amines) is 1. The van der Waals surface area contributed by atoms with E-state index in [9.17, 15) is 22.8 Å². The molecule has 0 bridgehead atoms. The predicted octanol–water partition coefficient (Wildman–Crippen LogP) is 5.46. The molecule has 0 unspecified atom stereocenters. The minimum absolute atomic E-state index is 0.0234. The van der Waals surface area contributed by atoms with Crippen LogP contribution in [0.4, 0.5) is 13.2 Å². The quantitative estimate of drug-likeness (QED) is 0.440. The van der Waals surface area contributed by atoms with E-state index in [0.29, 0.717) is 32.2 Å². The van der Waals surface area contributed by atoms with E-state index in [1.54, 1.807) is 0 Å². The Morgan fingerprint density at radius 2 is 1.78 bits per heavy atom. The Hall–Kier alpha value is -2.35. The molecule has 1 aromatic rings. The largest absolute Gasteiger partial charge is 0.471 e. The lowest BCUT2D eigenvalue weighted by Crippen LogP contribution is -2.68. The van der Waals surface area contributed by atoms with Gasteiger partial charge in [-0.15, -0.1) is 0 Å². The van der Waals surface area contributed by atoms with Crippen molar-refractivity contribution in [1.82, 2.24) is 9.80 Å². The summed E-state index contributed by atoms with van der Waals surface area (Å²) < 4.78 is 46.0. The van der Waals surface area contributed by atoms with Crippen molar-refractivity contribution in [3.63, 3.8) is 0 Å². The van der Waals surface area contributed by atoms with Crippen molar-refractivity contribution in [2.24, 2.45) is 11.3 Å². The Morgan fingerprint density at radius 3 is 2.33 bits per heavy atom. The number of carbonyl (C=O) groups is 2. The van der Waals surface area contributed by atoms with Crippen molar-refractivity contribution in [3.8, 4) is 0 Å². The van der Waals surface area contributed by atoms with Crippen molar-refractivity contribution in [2.45, 2.75) is 83.7 Å². The molecule has 5 nitrogen and oxygen atoms in total. The van der Waals surface area contributed by atoms with Gasteiger partial charge in [-0.05, 0) is 57.4 Å². The summed E-state index contributed by atoms with van der Waals surface area (Å²) in [5, 5.41) is 0. The smallest absolute Gasteiger partial charge is 0.460 e. The van der Waals surface area contributed by atoms with Gasteiger partial charge in [0.1, 0.15) is 5.60 Å². The van der Waals surface area contributed by atoms with Crippen LogP contribution in [-0.2, 0) is 14.3 Å². The molecular weight excluding hydrogens is 469 g/mol. The summed E-state index contributed by atoms with van der Waals surface area (Å²) in [4.78, 5) is 27.8. The molecule has 198 valence electrons. The number of halogens is 3. The number of rotatable bonds is 8. The lowest BCUT2D eigenvalue weighted by molar-refractivity contribution is -0.197. The number of benzene rings is 1. The molecule has 2 saturated carbocycles. The van der Waals surface area contributed by atoms with Gasteiger partial charge in [-0.2, -0.15) is 13.2 Å². The standard InChI is InChI=1S/C28H37F3N2O3/c1-5-20(13-19-9-7-6-8-10-19)22-14-23(22)33(25(35)28(29,30)31)21-15-27(16-21)17-32(18-27)12-11-24(34)36-26(2,3)4/h6-10,13,21-23H,5,11-12,14-18H2,1-4H3/b20-13+/t22-,23+/m0/s1. The molecule has 36 heavy (non-hydrogen) atoms. The molecule has 4 rings (SSSR count). The summed E-state index contributed by atoms with van der Waals surface area (Å²) in [6.07, 6.45) is -0.0181. The van der Waals surface area contributed by atoms with E-state index in [0.717, 1.165) is 35.5 Å². The summed E-state index contributed by atoms with van der Waals surface area (Å²) in [6.45, 7) is 9.59. The fourth-order valence-corrected chi connectivity index (χ4v) is 5.95. The topological polar surface area (TPSA) is 49.9 Å². The Bertz CT molecular complexity index is 986. The highest BCUT2D eigenvalue weighted by Gasteiger charge is 2.61. The van der Waals surface area contributed by atoms with Crippen LogP contribution in [0.15, 0.2) is 35.9 Å². The van der Waals surface area contributed by atoms with E-state index in [1.165, 1.54) is 0 Å². The third kappa shape index (κ3) is 6.13. The Kier molecular flexibility index (Phi) is 7.30. The minimum Gasteiger partial charge on any atom is -0.460 e. The van der Waals surface area contributed by atoms with E-state index in [4.69, 9.17) is 4.74 Å². The summed E-state index contributed by atoms with van der Waals surface area (Å²) in [7, 11) is 0. The minimum atomic E-state index is -4.87. The van der Waals surface area contributed by atoms with E-state index in [1.807, 2.05) is 58.0 Å². The number of amides is 1. The molecule has 0 aromatic heterocycles. The van der Waals surface area contributed by atoms with Crippen molar-refractivity contribution in [2.75, 3.05) is 19.6 Å². The SMILES string of the molecule is CC/C(=C\c1ccccc1)[C@@H]1C[C@H]1N(C(=O)C(F)(F)F)C1CC2(C1)CN(CCC(=O)OC(C)(C)C)C2. The first-order valence-electron chi connectivity index (χ1n) is 12.9. The molecule has 1 aromatic carbocycles. The van der Waals surface area contributed by atoms with E-state index in [2.05, 4.69) is 11.0 Å². The summed E-state index contributed by atoms with van der Waals surface area (Å²) >= 11 is 0. The molecular formula is C28H37F3N2O3. The number of ether oxygens (including phenoxy) is 1. The molecule has 1 amide bonds. The van der Waals surface area contributed by atoms with Crippen molar-refractivity contribution >= 4 is 18.0 Å². The number of alkyl halides is 3. The molecule has 3 aliphatic rings. The van der Waals surface area contributed by atoms with Crippen LogP contribution in [0.5, 0.6) is 0 Å². The van der Waals surface area contributed by atoms with Gasteiger partial charge in [-0.3, -0.25) is 9.59 Å². The Morgan fingerprint density at radius 1 is 1.14 bits per heavy atom. The number of esters is 1. The number of hydrogen-bond acceptors (Lipinski definition) is 4. The maximum atomic E-state index is 13.6. The van der Waals surface area contributed by atoms with Crippen LogP contribution in [0, 0.1) is 11.3 Å². The molecule has 2 atom stereocenters. The Balaban J connectivity index is 1.34. The van der Waals surface area contributed by atoms with Crippen LogP contribution in [0.1, 0.15) is 65.4 Å². The average molecular weight is 507 g/mol. The lowest BCUT2D eigenvalue weighted by Gasteiger charge is -2.61. The maximum Gasteiger partial charge on any atom is 0.471 e. The molecule has 2 aliphatic carbocycles. The zero-order chi connectivity index (χ0) is 26.3. The normalized spacial score (nSPS) is 24.1. The summed E-state index contributed by atoms with van der Waals surface area (Å²) in [5.74, 6) is -1.97. The molecule has 0 N–H and O–H groups in total. The van der Waals surface area contributed by atoms with Crippen LogP contribution >= 0.6 is 0 Å². The van der Waals surface area contributed by atoms with Gasteiger partial charge in [0, 0.05) is 37.6 Å². The molecule has 1 spiro atoms. The monoisotopic (exact) mass is 506 g/mol. The second-order valence-electron chi connectivity index (χ2n) is 11.7. The number of hydrogen-bond donors (Lipinski definition) is 0. The van der Waals surface area contributed by atoms with Gasteiger partial charge in [-0.1, -0.05) is 48.9 Å². The van der Waals surface area contributed by atoms with Gasteiger partial charge in [0.15, 0.2) is 0 Å². The van der Waals surface area contributed by atoms with Gasteiger partial charge in [0.05, 0.1) is 6.42 Å². The van der Waals surface area contributed by atoms with E-state index in [-0.39, 0.29) is 29.4 Å². The molecule has 1 heterocycles. The van der Waals surface area contributed by atoms with Gasteiger partial charge >= 0.3 is 18.1 Å². The molecule has 1 aliphatic heterocycles. The highest BCUT2D eigenvalue weighted by molar-refractivity contribution is 5.83. The number of nitrogens with zero attached hydrogens (tertiary/aromatic N) is 2. The van der Waals surface area contributed by atoms with Gasteiger partial charge < -0.3 is 14.5 Å². The van der Waals surface area contributed by atoms with Crippen molar-refractivity contribution < 1.29 is 27.5 Å². The highest BCUT2D eigenvalue weighted by Crippen LogP contribution is 2.54. The van der Waals surface area contributed by atoms with Crippen LogP contribution in [0.25, 0.3) is 6.08 Å². The first kappa shape index (κ1) is 26.7. The van der Waals surface area contributed by atoms with Gasteiger partial charge in [-0.25, -0.2) is 0 Å². The average Bonchev–Trinajstić information content (AvgIpc) is 3.50. The molecule has 1 saturated heterocycles. The fourth-order valence-electron chi connectivity index (χ4n) is 5.95. The number of carbonyl (C=O) groups excluding carboxylic acids is 2. The molecule has 8 heteroatoms. The second-order valence-corrected chi connectivity index (χ2v) is 11.7. The van der Waals surface area contributed by atoms with Gasteiger partial charge in [0.2, 0.25) is 0 Å². The fraction of sp³-hybridized carbons (Fsp3) is 0.643. The predicted molar refractivity (Wildman–Crippen MR) is 132 cm³/mol. The third-order valence-electron chi connectivity index (χ3n) is 7.53. The third-order valence-corrected chi connectivity index (χ3v) is 7.53. The van der Waals surface area contributed by atoms with Crippen LogP contribution < -0.4 is 0 Å². The van der Waals surface area contributed by atoms with Crippen LogP contribution in [0.2, 0.25) is 0 Å². The van der Waals surface area contributed by atoms with Gasteiger partial charge in [0.25, 0.3) is 0 Å².